The zero-order valence-corrected chi connectivity index (χ0v) is 13.6. The van der Waals surface area contributed by atoms with Crippen molar-refractivity contribution in [2.75, 3.05) is 6.61 Å². The lowest BCUT2D eigenvalue weighted by atomic mass is 10.1. The molecule has 3 N–H and O–H groups in total. The third-order valence-corrected chi connectivity index (χ3v) is 3.63. The maximum absolute atomic E-state index is 12.2. The Morgan fingerprint density at radius 1 is 1.17 bits per heavy atom. The van der Waals surface area contributed by atoms with E-state index in [0.717, 1.165) is 16.8 Å². The molecule has 0 spiro atoms. The van der Waals surface area contributed by atoms with Crippen LogP contribution < -0.4 is 5.32 Å². The Labute approximate surface area is 140 Å². The minimum absolute atomic E-state index is 0.349. The van der Waals surface area contributed by atoms with E-state index >= 15 is 0 Å². The van der Waals surface area contributed by atoms with Gasteiger partial charge < -0.3 is 15.5 Å². The number of aromatic nitrogens is 1. The van der Waals surface area contributed by atoms with Crippen molar-refractivity contribution in [2.24, 2.45) is 0 Å². The van der Waals surface area contributed by atoms with Gasteiger partial charge >= 0.3 is 0 Å². The molecule has 2 atom stereocenters. The van der Waals surface area contributed by atoms with E-state index in [0.29, 0.717) is 5.56 Å². The van der Waals surface area contributed by atoms with Crippen molar-refractivity contribution in [3.05, 3.63) is 53.7 Å². The van der Waals surface area contributed by atoms with Crippen LogP contribution in [0.4, 0.5) is 0 Å². The zero-order valence-electron chi connectivity index (χ0n) is 13.6. The quantitative estimate of drug-likeness (QED) is 0.737. The molecule has 0 unspecified atom stereocenters. The number of benzene rings is 1. The second-order valence-corrected chi connectivity index (χ2v) is 5.61. The van der Waals surface area contributed by atoms with E-state index in [-0.39, 0.29) is 0 Å². The number of Topliss-reactive ketones (excluding diaryl/α,β-unsaturated/α-hetero) is 1. The van der Waals surface area contributed by atoms with Gasteiger partial charge in [-0.1, -0.05) is 18.2 Å². The number of ketones is 1. The molecular weight excluding hydrogens is 308 g/mol. The number of hydrogen-bond acceptors (Lipinski definition) is 5. The number of amides is 1. The Kier molecular flexibility index (Phi) is 5.78. The summed E-state index contributed by atoms with van der Waals surface area (Å²) in [6.07, 6.45) is 0.675. The summed E-state index contributed by atoms with van der Waals surface area (Å²) in [5.74, 6) is -1.13. The smallest absolute Gasteiger partial charge is 0.251 e. The van der Waals surface area contributed by atoms with E-state index < -0.39 is 30.4 Å². The van der Waals surface area contributed by atoms with Crippen molar-refractivity contribution in [1.82, 2.24) is 10.3 Å². The Morgan fingerprint density at radius 2 is 1.83 bits per heavy atom. The van der Waals surface area contributed by atoms with Gasteiger partial charge in [-0.3, -0.25) is 14.6 Å². The lowest BCUT2D eigenvalue weighted by Gasteiger charge is -2.19. The van der Waals surface area contributed by atoms with Crippen molar-refractivity contribution >= 4 is 11.7 Å². The fourth-order valence-electron chi connectivity index (χ4n) is 2.22. The van der Waals surface area contributed by atoms with Crippen LogP contribution in [0.2, 0.25) is 0 Å². The summed E-state index contributed by atoms with van der Waals surface area (Å²) in [7, 11) is 0. The highest BCUT2D eigenvalue weighted by Crippen LogP contribution is 2.17. The molecule has 2 rings (SSSR count). The highest BCUT2D eigenvalue weighted by atomic mass is 16.3. The first kappa shape index (κ1) is 17.8. The van der Waals surface area contributed by atoms with Gasteiger partial charge in [-0.15, -0.1) is 0 Å². The molecule has 0 radical (unpaired) electrons. The standard InChI is InChI=1S/C18H20N2O4/c1-11-3-8-15(19-9-11)13-4-6-14(7-5-13)18(24)20-17(12(2)22)16(23)10-21/h3-9,12,17,21-22H,10H2,1-2H3,(H,20,24)/t12-,17+/m1/s1. The Morgan fingerprint density at radius 3 is 2.33 bits per heavy atom. The number of nitrogens with one attached hydrogen (secondary N) is 1. The average molecular weight is 328 g/mol. The maximum Gasteiger partial charge on any atom is 0.251 e. The summed E-state index contributed by atoms with van der Waals surface area (Å²) in [6.45, 7) is 2.59. The number of nitrogens with zero attached hydrogens (tertiary/aromatic N) is 1. The van der Waals surface area contributed by atoms with Crippen molar-refractivity contribution in [3.8, 4) is 11.3 Å². The second kappa shape index (κ2) is 7.81. The van der Waals surface area contributed by atoms with E-state index in [4.69, 9.17) is 5.11 Å². The van der Waals surface area contributed by atoms with Gasteiger partial charge in [0.05, 0.1) is 11.8 Å². The molecule has 1 heterocycles. The van der Waals surface area contributed by atoms with E-state index in [1.807, 2.05) is 19.1 Å². The van der Waals surface area contributed by atoms with E-state index in [9.17, 15) is 14.7 Å². The van der Waals surface area contributed by atoms with Gasteiger partial charge in [0.15, 0.2) is 5.78 Å². The summed E-state index contributed by atoms with van der Waals surface area (Å²) in [4.78, 5) is 28.1. The maximum atomic E-state index is 12.2. The van der Waals surface area contributed by atoms with E-state index in [1.54, 1.807) is 30.5 Å². The summed E-state index contributed by atoms with van der Waals surface area (Å²) >= 11 is 0. The van der Waals surface area contributed by atoms with Gasteiger partial charge in [0.25, 0.3) is 5.91 Å². The lowest BCUT2D eigenvalue weighted by molar-refractivity contribution is -0.125. The molecule has 24 heavy (non-hydrogen) atoms. The first-order chi connectivity index (χ1) is 11.4. The fraction of sp³-hybridized carbons (Fsp3) is 0.278. The number of aliphatic hydroxyl groups excluding tert-OH is 2. The molecule has 0 bridgehead atoms. The number of pyridine rings is 1. The number of rotatable bonds is 6. The van der Waals surface area contributed by atoms with Gasteiger partial charge in [-0.05, 0) is 37.6 Å². The molecule has 1 amide bonds. The molecule has 1 aromatic heterocycles. The van der Waals surface area contributed by atoms with Crippen molar-refractivity contribution in [1.29, 1.82) is 0 Å². The predicted molar refractivity (Wildman–Crippen MR) is 89.4 cm³/mol. The van der Waals surface area contributed by atoms with Gasteiger partial charge in [0.2, 0.25) is 0 Å². The van der Waals surface area contributed by atoms with Crippen molar-refractivity contribution in [3.63, 3.8) is 0 Å². The van der Waals surface area contributed by atoms with Gasteiger partial charge in [-0.2, -0.15) is 0 Å². The van der Waals surface area contributed by atoms with Crippen LogP contribution in [0.15, 0.2) is 42.6 Å². The molecule has 0 saturated heterocycles. The zero-order chi connectivity index (χ0) is 17.7. The minimum Gasteiger partial charge on any atom is -0.391 e. The van der Waals surface area contributed by atoms with E-state index in [1.165, 1.54) is 6.92 Å². The normalized spacial score (nSPS) is 13.2. The highest BCUT2D eigenvalue weighted by Gasteiger charge is 2.25. The molecule has 0 saturated carbocycles. The molecule has 126 valence electrons. The van der Waals surface area contributed by atoms with Crippen LogP contribution in [0.1, 0.15) is 22.8 Å². The van der Waals surface area contributed by atoms with Gasteiger partial charge in [-0.25, -0.2) is 0 Å². The van der Waals surface area contributed by atoms with Crippen LogP contribution in [0.25, 0.3) is 11.3 Å². The third kappa shape index (κ3) is 4.24. The van der Waals surface area contributed by atoms with E-state index in [2.05, 4.69) is 10.3 Å². The number of carbonyl (C=O) groups is 2. The Hall–Kier alpha value is -2.57. The van der Waals surface area contributed by atoms with Crippen LogP contribution in [0.3, 0.4) is 0 Å². The van der Waals surface area contributed by atoms with Crippen LogP contribution in [-0.2, 0) is 4.79 Å². The molecule has 1 aromatic carbocycles. The first-order valence-electron chi connectivity index (χ1n) is 7.58. The molecule has 6 nitrogen and oxygen atoms in total. The summed E-state index contributed by atoms with van der Waals surface area (Å²) < 4.78 is 0. The Balaban J connectivity index is 2.13. The van der Waals surface area contributed by atoms with Crippen LogP contribution in [0.5, 0.6) is 0 Å². The monoisotopic (exact) mass is 328 g/mol. The number of carbonyl (C=O) groups excluding carboxylic acids is 2. The molecule has 0 aliphatic heterocycles. The largest absolute Gasteiger partial charge is 0.391 e. The van der Waals surface area contributed by atoms with Crippen LogP contribution >= 0.6 is 0 Å². The molecular formula is C18H20N2O4. The number of aryl methyl sites for hydroxylation is 1. The molecule has 0 fully saturated rings. The molecule has 6 heteroatoms. The number of aliphatic hydroxyl groups is 2. The highest BCUT2D eigenvalue weighted by molar-refractivity contribution is 5.98. The Bertz CT molecular complexity index is 709. The third-order valence-electron chi connectivity index (χ3n) is 3.63. The van der Waals surface area contributed by atoms with Crippen molar-refractivity contribution in [2.45, 2.75) is 26.0 Å². The molecule has 0 aliphatic rings. The van der Waals surface area contributed by atoms with Crippen LogP contribution in [0, 0.1) is 6.92 Å². The lowest BCUT2D eigenvalue weighted by Crippen LogP contribution is -2.48. The van der Waals surface area contributed by atoms with Crippen LogP contribution in [-0.4, -0.2) is 45.6 Å². The van der Waals surface area contributed by atoms with Gasteiger partial charge in [0.1, 0.15) is 12.6 Å². The average Bonchev–Trinajstić information content (AvgIpc) is 2.59. The first-order valence-corrected chi connectivity index (χ1v) is 7.58. The van der Waals surface area contributed by atoms with Gasteiger partial charge in [0, 0.05) is 17.3 Å². The minimum atomic E-state index is -1.14. The van der Waals surface area contributed by atoms with Crippen molar-refractivity contribution < 1.29 is 19.8 Å². The topological polar surface area (TPSA) is 99.5 Å². The molecule has 0 aliphatic carbocycles. The second-order valence-electron chi connectivity index (χ2n) is 5.61. The summed E-state index contributed by atoms with van der Waals surface area (Å²) in [6, 6.07) is 9.48. The summed E-state index contributed by atoms with van der Waals surface area (Å²) in [5.41, 5.74) is 3.07. The SMILES string of the molecule is Cc1ccc(-c2ccc(C(=O)N[C@H](C(=O)CO)[C@@H](C)O)cc2)nc1. The number of hydrogen-bond donors (Lipinski definition) is 3. The predicted octanol–water partition coefficient (Wildman–Crippen LogP) is 1.10. The fourth-order valence-corrected chi connectivity index (χ4v) is 2.22. The summed E-state index contributed by atoms with van der Waals surface area (Å²) in [5, 5.41) is 20.9. The molecule has 2 aromatic rings.